The molecule has 0 bridgehead atoms. The van der Waals surface area contributed by atoms with Crippen LogP contribution in [0.4, 0.5) is 0 Å². The molecule has 0 spiro atoms. The summed E-state index contributed by atoms with van der Waals surface area (Å²) in [6, 6.07) is -4.08. The van der Waals surface area contributed by atoms with Crippen molar-refractivity contribution in [1.82, 2.24) is 15.5 Å². The first-order valence-corrected chi connectivity index (χ1v) is 10.3. The molecule has 0 aromatic heterocycles. The number of hydrogen-bond donors (Lipinski definition) is 7. The second-order valence-electron chi connectivity index (χ2n) is 6.63. The summed E-state index contributed by atoms with van der Waals surface area (Å²) < 4.78 is 0. The Morgan fingerprint density at radius 1 is 1.10 bits per heavy atom. The number of nitrogens with two attached hydrogens (primary N) is 2. The van der Waals surface area contributed by atoms with Gasteiger partial charge < -0.3 is 32.1 Å². The summed E-state index contributed by atoms with van der Waals surface area (Å²) in [5, 5.41) is 14.1. The number of nitrogens with zero attached hydrogens (tertiary/aromatic N) is 1. The molecule has 1 aliphatic heterocycles. The zero-order valence-corrected chi connectivity index (χ0v) is 17.5. The van der Waals surface area contributed by atoms with Gasteiger partial charge in [0.05, 0.1) is 6.04 Å². The van der Waals surface area contributed by atoms with Gasteiger partial charge in [0.15, 0.2) is 0 Å². The number of carbonyl (C=O) groups is 5. The van der Waals surface area contributed by atoms with Gasteiger partial charge in [-0.3, -0.25) is 19.2 Å². The number of hydrogen-bond acceptors (Lipinski definition) is 8. The Balaban J connectivity index is 2.82. The smallest absolute Gasteiger partial charge is 0.326 e. The predicted molar refractivity (Wildman–Crippen MR) is 110 cm³/mol. The van der Waals surface area contributed by atoms with Crippen molar-refractivity contribution in [2.45, 2.75) is 49.9 Å². The van der Waals surface area contributed by atoms with Gasteiger partial charge in [-0.2, -0.15) is 25.3 Å². The van der Waals surface area contributed by atoms with E-state index in [9.17, 15) is 29.1 Å². The molecule has 7 N–H and O–H groups in total. The number of rotatable bonds is 11. The van der Waals surface area contributed by atoms with E-state index in [1.807, 2.05) is 0 Å². The molecule has 0 saturated carbocycles. The van der Waals surface area contributed by atoms with Gasteiger partial charge in [-0.05, 0) is 19.3 Å². The highest BCUT2D eigenvalue weighted by Crippen LogP contribution is 2.19. The third-order valence-corrected chi connectivity index (χ3v) is 5.22. The van der Waals surface area contributed by atoms with E-state index in [4.69, 9.17) is 11.5 Å². The summed E-state index contributed by atoms with van der Waals surface area (Å²) in [5.74, 6) is -3.64. The minimum absolute atomic E-state index is 0.00886. The van der Waals surface area contributed by atoms with Crippen LogP contribution in [0.5, 0.6) is 0 Å². The minimum atomic E-state index is -1.31. The van der Waals surface area contributed by atoms with Crippen molar-refractivity contribution in [2.75, 3.05) is 18.1 Å². The van der Waals surface area contributed by atoms with E-state index in [-0.39, 0.29) is 30.9 Å². The Morgan fingerprint density at radius 3 is 2.28 bits per heavy atom. The molecule has 0 aliphatic carbocycles. The molecule has 11 nitrogen and oxygen atoms in total. The van der Waals surface area contributed by atoms with E-state index in [0.717, 1.165) is 0 Å². The molecular weight excluding hydrogens is 422 g/mol. The SMILES string of the molecule is NC(=O)CCC(NC(=O)C1CCCN1C(=O)C(CS)NC(=O)C(N)CS)C(=O)O. The quantitative estimate of drug-likeness (QED) is 0.170. The summed E-state index contributed by atoms with van der Waals surface area (Å²) in [4.78, 5) is 60.9. The van der Waals surface area contributed by atoms with E-state index < -0.39 is 53.8 Å². The minimum Gasteiger partial charge on any atom is -0.480 e. The molecule has 4 atom stereocenters. The fourth-order valence-corrected chi connectivity index (χ4v) is 3.28. The molecule has 29 heavy (non-hydrogen) atoms. The molecule has 1 heterocycles. The van der Waals surface area contributed by atoms with Crippen molar-refractivity contribution in [1.29, 1.82) is 0 Å². The normalized spacial score (nSPS) is 19.1. The lowest BCUT2D eigenvalue weighted by Crippen LogP contribution is -2.57. The zero-order valence-electron chi connectivity index (χ0n) is 15.7. The Bertz CT molecular complexity index is 649. The van der Waals surface area contributed by atoms with Gasteiger partial charge in [-0.1, -0.05) is 0 Å². The van der Waals surface area contributed by atoms with Crippen LogP contribution in [0.25, 0.3) is 0 Å². The second kappa shape index (κ2) is 11.9. The molecule has 4 unspecified atom stereocenters. The van der Waals surface area contributed by atoms with Gasteiger partial charge >= 0.3 is 5.97 Å². The van der Waals surface area contributed by atoms with Crippen LogP contribution in [-0.4, -0.2) is 81.8 Å². The highest BCUT2D eigenvalue weighted by molar-refractivity contribution is 7.80. The number of likely N-dealkylation sites (tertiary alicyclic amines) is 1. The van der Waals surface area contributed by atoms with Crippen LogP contribution in [0.1, 0.15) is 25.7 Å². The van der Waals surface area contributed by atoms with E-state index in [2.05, 4.69) is 35.9 Å². The highest BCUT2D eigenvalue weighted by atomic mass is 32.1. The first-order chi connectivity index (χ1) is 13.6. The van der Waals surface area contributed by atoms with E-state index in [0.29, 0.717) is 12.8 Å². The maximum atomic E-state index is 12.8. The molecule has 0 aromatic carbocycles. The van der Waals surface area contributed by atoms with Crippen LogP contribution in [0.3, 0.4) is 0 Å². The molecule has 1 fully saturated rings. The Labute approximate surface area is 179 Å². The molecule has 164 valence electrons. The summed E-state index contributed by atoms with van der Waals surface area (Å²) in [6.45, 7) is 0.273. The number of carboxylic acids is 1. The van der Waals surface area contributed by atoms with Gasteiger partial charge in [0, 0.05) is 24.5 Å². The van der Waals surface area contributed by atoms with Crippen molar-refractivity contribution in [2.24, 2.45) is 11.5 Å². The molecule has 1 aliphatic rings. The zero-order chi connectivity index (χ0) is 22.1. The average Bonchev–Trinajstić information content (AvgIpc) is 3.17. The van der Waals surface area contributed by atoms with Gasteiger partial charge in [0.2, 0.25) is 23.6 Å². The maximum absolute atomic E-state index is 12.8. The topological polar surface area (TPSA) is 185 Å². The van der Waals surface area contributed by atoms with Crippen molar-refractivity contribution in [3.8, 4) is 0 Å². The van der Waals surface area contributed by atoms with Crippen LogP contribution in [0.15, 0.2) is 0 Å². The highest BCUT2D eigenvalue weighted by Gasteiger charge is 2.38. The molecule has 0 radical (unpaired) electrons. The summed E-state index contributed by atoms with van der Waals surface area (Å²) in [6.07, 6.45) is 0.507. The van der Waals surface area contributed by atoms with Crippen molar-refractivity contribution < 1.29 is 29.1 Å². The predicted octanol–water partition coefficient (Wildman–Crippen LogP) is -2.52. The van der Waals surface area contributed by atoms with E-state index in [1.54, 1.807) is 0 Å². The average molecular weight is 450 g/mol. The second-order valence-corrected chi connectivity index (χ2v) is 7.36. The summed E-state index contributed by atoms with van der Waals surface area (Å²) in [5.41, 5.74) is 10.6. The summed E-state index contributed by atoms with van der Waals surface area (Å²) in [7, 11) is 0. The fraction of sp³-hybridized carbons (Fsp3) is 0.688. The monoisotopic (exact) mass is 449 g/mol. The number of carbonyl (C=O) groups excluding carboxylic acids is 4. The maximum Gasteiger partial charge on any atom is 0.326 e. The Kier molecular flexibility index (Phi) is 10.3. The van der Waals surface area contributed by atoms with E-state index >= 15 is 0 Å². The van der Waals surface area contributed by atoms with Crippen LogP contribution < -0.4 is 22.1 Å². The van der Waals surface area contributed by atoms with Crippen molar-refractivity contribution in [3.63, 3.8) is 0 Å². The summed E-state index contributed by atoms with van der Waals surface area (Å²) >= 11 is 8.02. The lowest BCUT2D eigenvalue weighted by atomic mass is 10.1. The van der Waals surface area contributed by atoms with Gasteiger partial charge in [-0.25, -0.2) is 4.79 Å². The number of carboxylic acid groups (broad SMARTS) is 1. The van der Waals surface area contributed by atoms with Crippen LogP contribution in [0.2, 0.25) is 0 Å². The molecule has 13 heteroatoms. The van der Waals surface area contributed by atoms with Crippen LogP contribution in [-0.2, 0) is 24.0 Å². The van der Waals surface area contributed by atoms with Crippen molar-refractivity contribution in [3.05, 3.63) is 0 Å². The Hall–Kier alpha value is -1.99. The molecule has 1 rings (SSSR count). The number of aliphatic carboxylic acids is 1. The standard InChI is InChI=1S/C16H27N5O6S2/c17-8(6-28)13(23)20-10(7-29)15(25)21-5-1-2-11(21)14(24)19-9(16(26)27)3-4-12(18)22/h8-11,28-29H,1-7,17H2,(H2,18,22)(H,19,24)(H,20,23)(H,26,27). The lowest BCUT2D eigenvalue weighted by Gasteiger charge is -2.29. The molecule has 1 saturated heterocycles. The van der Waals surface area contributed by atoms with Crippen LogP contribution >= 0.6 is 25.3 Å². The van der Waals surface area contributed by atoms with Gasteiger partial charge in [0.1, 0.15) is 18.1 Å². The van der Waals surface area contributed by atoms with Gasteiger partial charge in [0.25, 0.3) is 0 Å². The number of amides is 4. The molecular formula is C16H27N5O6S2. The van der Waals surface area contributed by atoms with Crippen LogP contribution in [0, 0.1) is 0 Å². The number of nitrogens with one attached hydrogen (secondary N) is 2. The third kappa shape index (κ3) is 7.40. The molecule has 4 amide bonds. The third-order valence-electron chi connectivity index (χ3n) is 4.46. The number of primary amides is 1. The van der Waals surface area contributed by atoms with Gasteiger partial charge in [-0.15, -0.1) is 0 Å². The first kappa shape index (κ1) is 25.0. The number of thiol groups is 2. The van der Waals surface area contributed by atoms with Crippen molar-refractivity contribution >= 4 is 54.9 Å². The molecule has 0 aromatic rings. The fourth-order valence-electron chi connectivity index (χ4n) is 2.86. The lowest BCUT2D eigenvalue weighted by molar-refractivity contribution is -0.144. The van der Waals surface area contributed by atoms with E-state index in [1.165, 1.54) is 4.90 Å². The Morgan fingerprint density at radius 2 is 1.76 bits per heavy atom. The largest absolute Gasteiger partial charge is 0.480 e. The first-order valence-electron chi connectivity index (χ1n) is 9.02.